The molecule has 1 fully saturated rings. The summed E-state index contributed by atoms with van der Waals surface area (Å²) < 4.78 is 0. The van der Waals surface area contributed by atoms with Crippen molar-refractivity contribution < 1.29 is 5.11 Å². The summed E-state index contributed by atoms with van der Waals surface area (Å²) in [6.07, 6.45) is 2.77. The van der Waals surface area contributed by atoms with Gasteiger partial charge in [-0.1, -0.05) is 0 Å². The number of hydrogen-bond acceptors (Lipinski definition) is 2. The zero-order valence-corrected chi connectivity index (χ0v) is 5.06. The summed E-state index contributed by atoms with van der Waals surface area (Å²) in [7, 11) is 0. The lowest BCUT2D eigenvalue weighted by Crippen LogP contribution is -2.20. The highest BCUT2D eigenvalue weighted by Crippen LogP contribution is 2.27. The van der Waals surface area contributed by atoms with E-state index in [1.165, 1.54) is 12.8 Å². The molecule has 0 atom stereocenters. The van der Waals surface area contributed by atoms with Crippen molar-refractivity contribution in [3.8, 4) is 0 Å². The van der Waals surface area contributed by atoms with Crippen LogP contribution in [0.5, 0.6) is 0 Å². The summed E-state index contributed by atoms with van der Waals surface area (Å²) in [5.74, 6) is 0.932. The van der Waals surface area contributed by atoms with Gasteiger partial charge in [0.15, 0.2) is 0 Å². The largest absolute Gasteiger partial charge is 0.395 e. The predicted molar refractivity (Wildman–Crippen MR) is 32.7 cm³/mol. The van der Waals surface area contributed by atoms with Crippen LogP contribution in [0.25, 0.3) is 0 Å². The molecule has 0 unspecified atom stereocenters. The van der Waals surface area contributed by atoms with Crippen LogP contribution >= 0.6 is 0 Å². The minimum atomic E-state index is 0.271. The maximum absolute atomic E-state index is 8.34. The van der Waals surface area contributed by atoms with Crippen LogP contribution in [0.15, 0.2) is 0 Å². The number of nitrogens with one attached hydrogen (secondary N) is 1. The smallest absolute Gasteiger partial charge is 0.0555 e. The average Bonchev–Trinajstić information content (AvgIpc) is 2.51. The molecule has 0 aromatic rings. The van der Waals surface area contributed by atoms with Crippen LogP contribution in [0.1, 0.15) is 12.8 Å². The molecule has 1 aliphatic rings. The van der Waals surface area contributed by atoms with Gasteiger partial charge in [-0.15, -0.1) is 0 Å². The Kier molecular flexibility index (Phi) is 2.30. The Morgan fingerprint density at radius 1 is 1.50 bits per heavy atom. The quantitative estimate of drug-likeness (QED) is 0.505. The lowest BCUT2D eigenvalue weighted by Gasteiger charge is -1.96. The van der Waals surface area contributed by atoms with E-state index in [4.69, 9.17) is 5.11 Å². The van der Waals surface area contributed by atoms with Gasteiger partial charge in [0.05, 0.1) is 6.61 Å². The van der Waals surface area contributed by atoms with Gasteiger partial charge in [0.2, 0.25) is 0 Å². The molecule has 48 valence electrons. The zero-order valence-electron chi connectivity index (χ0n) is 5.06. The first-order valence-corrected chi connectivity index (χ1v) is 3.25. The molecular formula is C6H13NO. The molecule has 1 aliphatic carbocycles. The van der Waals surface area contributed by atoms with Gasteiger partial charge >= 0.3 is 0 Å². The molecule has 0 aromatic carbocycles. The van der Waals surface area contributed by atoms with Gasteiger partial charge < -0.3 is 10.4 Å². The summed E-state index contributed by atoms with van der Waals surface area (Å²) in [5.41, 5.74) is 0. The number of hydrogen-bond donors (Lipinski definition) is 2. The Morgan fingerprint density at radius 3 is 2.75 bits per heavy atom. The second-order valence-corrected chi connectivity index (χ2v) is 2.37. The third-order valence-electron chi connectivity index (χ3n) is 1.42. The molecule has 0 amide bonds. The Bertz CT molecular complexity index is 61.5. The first-order valence-electron chi connectivity index (χ1n) is 3.25. The van der Waals surface area contributed by atoms with E-state index in [0.29, 0.717) is 0 Å². The molecule has 1 saturated carbocycles. The van der Waals surface area contributed by atoms with E-state index in [1.54, 1.807) is 0 Å². The first kappa shape index (κ1) is 6.05. The molecule has 8 heavy (non-hydrogen) atoms. The molecule has 0 spiro atoms. The monoisotopic (exact) mass is 115 g/mol. The Labute approximate surface area is 49.9 Å². The van der Waals surface area contributed by atoms with Crippen molar-refractivity contribution in [2.75, 3.05) is 19.7 Å². The number of aliphatic hydroxyl groups is 1. The van der Waals surface area contributed by atoms with E-state index in [2.05, 4.69) is 5.32 Å². The summed E-state index contributed by atoms with van der Waals surface area (Å²) in [5, 5.41) is 11.5. The number of aliphatic hydroxyl groups excluding tert-OH is 1. The van der Waals surface area contributed by atoms with Crippen LogP contribution in [-0.4, -0.2) is 24.8 Å². The molecular weight excluding hydrogens is 102 g/mol. The molecule has 1 rings (SSSR count). The van der Waals surface area contributed by atoms with Gasteiger partial charge in [-0.2, -0.15) is 0 Å². The van der Waals surface area contributed by atoms with Crippen molar-refractivity contribution in [1.29, 1.82) is 0 Å². The van der Waals surface area contributed by atoms with Gasteiger partial charge in [0.1, 0.15) is 0 Å². The van der Waals surface area contributed by atoms with Crippen LogP contribution in [0.3, 0.4) is 0 Å². The van der Waals surface area contributed by atoms with E-state index in [9.17, 15) is 0 Å². The molecule has 2 heteroatoms. The Hall–Kier alpha value is -0.0800. The van der Waals surface area contributed by atoms with Crippen molar-refractivity contribution >= 4 is 0 Å². The second kappa shape index (κ2) is 3.05. The van der Waals surface area contributed by atoms with Crippen molar-refractivity contribution in [3.63, 3.8) is 0 Å². The minimum Gasteiger partial charge on any atom is -0.395 e. The van der Waals surface area contributed by atoms with E-state index >= 15 is 0 Å². The van der Waals surface area contributed by atoms with Crippen molar-refractivity contribution in [3.05, 3.63) is 0 Å². The topological polar surface area (TPSA) is 32.3 Å². The number of rotatable bonds is 4. The van der Waals surface area contributed by atoms with Gasteiger partial charge in [-0.3, -0.25) is 0 Å². The molecule has 0 aliphatic heterocycles. The fraction of sp³-hybridized carbons (Fsp3) is 1.00. The van der Waals surface area contributed by atoms with Crippen LogP contribution < -0.4 is 5.32 Å². The maximum atomic E-state index is 8.34. The molecule has 0 saturated heterocycles. The van der Waals surface area contributed by atoms with Gasteiger partial charge in [-0.05, 0) is 25.3 Å². The van der Waals surface area contributed by atoms with Gasteiger partial charge in [-0.25, -0.2) is 0 Å². The fourth-order valence-electron chi connectivity index (χ4n) is 0.707. The van der Waals surface area contributed by atoms with Crippen molar-refractivity contribution in [1.82, 2.24) is 5.32 Å². The molecule has 0 heterocycles. The van der Waals surface area contributed by atoms with E-state index in [1.807, 2.05) is 0 Å². The second-order valence-electron chi connectivity index (χ2n) is 2.37. The third kappa shape index (κ3) is 2.28. The standard InChI is InChI=1S/C6H13NO/c8-4-3-7-5-6-1-2-6/h6-8H,1-5H2. The summed E-state index contributed by atoms with van der Waals surface area (Å²) in [6, 6.07) is 0. The van der Waals surface area contributed by atoms with E-state index in [0.717, 1.165) is 19.0 Å². The zero-order chi connectivity index (χ0) is 5.82. The van der Waals surface area contributed by atoms with E-state index < -0.39 is 0 Å². The van der Waals surface area contributed by atoms with Crippen LogP contribution in [0.2, 0.25) is 0 Å². The maximum Gasteiger partial charge on any atom is 0.0555 e. The van der Waals surface area contributed by atoms with Crippen LogP contribution in [0, 0.1) is 5.92 Å². The molecule has 0 bridgehead atoms. The van der Waals surface area contributed by atoms with E-state index in [-0.39, 0.29) is 6.61 Å². The molecule has 2 nitrogen and oxygen atoms in total. The normalized spacial score (nSPS) is 19.1. The molecule has 0 radical (unpaired) electrons. The summed E-state index contributed by atoms with van der Waals surface area (Å²) >= 11 is 0. The Morgan fingerprint density at radius 2 is 2.25 bits per heavy atom. The predicted octanol–water partition coefficient (Wildman–Crippen LogP) is -0.0217. The van der Waals surface area contributed by atoms with Crippen molar-refractivity contribution in [2.24, 2.45) is 5.92 Å². The highest BCUT2D eigenvalue weighted by Gasteiger charge is 2.19. The lowest BCUT2D eigenvalue weighted by atomic mass is 10.4. The van der Waals surface area contributed by atoms with Crippen LogP contribution in [0.4, 0.5) is 0 Å². The SMILES string of the molecule is OCCNCC1CC1. The highest BCUT2D eigenvalue weighted by atomic mass is 16.3. The van der Waals surface area contributed by atoms with Gasteiger partial charge in [0.25, 0.3) is 0 Å². The third-order valence-corrected chi connectivity index (χ3v) is 1.42. The summed E-state index contributed by atoms with van der Waals surface area (Å²) in [4.78, 5) is 0. The van der Waals surface area contributed by atoms with Gasteiger partial charge in [0, 0.05) is 6.54 Å². The first-order chi connectivity index (χ1) is 3.93. The highest BCUT2D eigenvalue weighted by molar-refractivity contribution is 4.74. The minimum absolute atomic E-state index is 0.271. The molecule has 0 aromatic heterocycles. The van der Waals surface area contributed by atoms with Crippen LogP contribution in [-0.2, 0) is 0 Å². The fourth-order valence-corrected chi connectivity index (χ4v) is 0.707. The lowest BCUT2D eigenvalue weighted by molar-refractivity contribution is 0.291. The average molecular weight is 115 g/mol. The summed E-state index contributed by atoms with van der Waals surface area (Å²) in [6.45, 7) is 2.14. The Balaban J connectivity index is 1.74. The van der Waals surface area contributed by atoms with Crippen molar-refractivity contribution in [2.45, 2.75) is 12.8 Å². The molecule has 2 N–H and O–H groups in total.